The molecule has 5 heteroatoms. The minimum atomic E-state index is -0.532. The lowest BCUT2D eigenvalue weighted by atomic mass is 9.75. The Morgan fingerprint density at radius 2 is 1.90 bits per heavy atom. The third-order valence-electron chi connectivity index (χ3n) is 6.86. The number of nitrogens with one attached hydrogen (secondary N) is 1. The van der Waals surface area contributed by atoms with Gasteiger partial charge < -0.3 is 15.3 Å². The Morgan fingerprint density at radius 1 is 1.14 bits per heavy atom. The van der Waals surface area contributed by atoms with E-state index >= 15 is 0 Å². The highest BCUT2D eigenvalue weighted by Gasteiger charge is 2.52. The van der Waals surface area contributed by atoms with Gasteiger partial charge in [0, 0.05) is 12.0 Å². The summed E-state index contributed by atoms with van der Waals surface area (Å²) in [4.78, 5) is 14.4. The summed E-state index contributed by atoms with van der Waals surface area (Å²) in [5.41, 5.74) is 3.67. The molecular weight excluding hydrogens is 362 g/mol. The van der Waals surface area contributed by atoms with E-state index in [4.69, 9.17) is 0 Å². The minimum absolute atomic E-state index is 0.131. The first-order chi connectivity index (χ1) is 14.2. The zero-order valence-electron chi connectivity index (χ0n) is 17.0. The van der Waals surface area contributed by atoms with Gasteiger partial charge in [-0.25, -0.2) is 4.79 Å². The van der Waals surface area contributed by atoms with Crippen molar-refractivity contribution in [1.82, 2.24) is 10.2 Å². The van der Waals surface area contributed by atoms with Crippen LogP contribution in [0, 0.1) is 11.3 Å². The van der Waals surface area contributed by atoms with Crippen LogP contribution < -0.4 is 5.32 Å². The molecule has 29 heavy (non-hydrogen) atoms. The van der Waals surface area contributed by atoms with Crippen LogP contribution >= 0.6 is 0 Å². The van der Waals surface area contributed by atoms with Gasteiger partial charge in [-0.1, -0.05) is 49.6 Å². The van der Waals surface area contributed by atoms with Crippen LogP contribution in [0.5, 0.6) is 0 Å². The first-order valence-corrected chi connectivity index (χ1v) is 11.1. The van der Waals surface area contributed by atoms with Gasteiger partial charge in [-0.3, -0.25) is 0 Å². The molecule has 2 aliphatic carbocycles. The molecule has 1 aromatic carbocycles. The normalized spacial score (nSPS) is 27.5. The number of carbonyl (C=O) groups is 1. The lowest BCUT2D eigenvalue weighted by Gasteiger charge is -2.51. The van der Waals surface area contributed by atoms with Crippen LogP contribution in [0.2, 0.25) is 0 Å². The Labute approximate surface area is 173 Å². The highest BCUT2D eigenvalue weighted by Crippen LogP contribution is 2.41. The Hall–Kier alpha value is -2.32. The number of urea groups is 1. The fourth-order valence-corrected chi connectivity index (χ4v) is 5.20. The van der Waals surface area contributed by atoms with Gasteiger partial charge in [0.25, 0.3) is 0 Å². The Bertz CT molecular complexity index is 789. The summed E-state index contributed by atoms with van der Waals surface area (Å²) in [6.45, 7) is -0.131. The maximum Gasteiger partial charge on any atom is 0.319 e. The summed E-state index contributed by atoms with van der Waals surface area (Å²) in [5.74, 6) is -0.142. The van der Waals surface area contributed by atoms with Crippen molar-refractivity contribution in [1.29, 1.82) is 5.26 Å². The van der Waals surface area contributed by atoms with Crippen LogP contribution in [-0.4, -0.2) is 40.8 Å². The van der Waals surface area contributed by atoms with Gasteiger partial charge in [-0.05, 0) is 55.2 Å². The Morgan fingerprint density at radius 3 is 2.52 bits per heavy atom. The third-order valence-corrected chi connectivity index (χ3v) is 6.86. The molecular formula is C24H31N3O2. The number of benzene rings is 1. The number of likely N-dealkylation sites (tertiary alicyclic amines) is 1. The first-order valence-electron chi connectivity index (χ1n) is 11.1. The number of hydrogen-bond donors (Lipinski definition) is 2. The minimum Gasteiger partial charge on any atom is -0.394 e. The second kappa shape index (κ2) is 9.00. The number of amides is 2. The van der Waals surface area contributed by atoms with E-state index in [1.807, 2.05) is 0 Å². The summed E-state index contributed by atoms with van der Waals surface area (Å²) < 4.78 is 0. The van der Waals surface area contributed by atoms with E-state index in [1.165, 1.54) is 30.4 Å². The third kappa shape index (κ3) is 4.04. The van der Waals surface area contributed by atoms with E-state index in [1.54, 1.807) is 4.90 Å². The van der Waals surface area contributed by atoms with E-state index in [2.05, 4.69) is 41.7 Å². The molecule has 0 spiro atoms. The molecule has 2 fully saturated rings. The van der Waals surface area contributed by atoms with Crippen molar-refractivity contribution in [2.45, 2.75) is 81.8 Å². The van der Waals surface area contributed by atoms with Crippen molar-refractivity contribution >= 4 is 11.6 Å². The van der Waals surface area contributed by atoms with Crippen LogP contribution in [0.3, 0.4) is 0 Å². The topological polar surface area (TPSA) is 76.4 Å². The van der Waals surface area contributed by atoms with Crippen molar-refractivity contribution in [3.8, 4) is 6.07 Å². The monoisotopic (exact) mass is 393 g/mol. The maximum absolute atomic E-state index is 12.8. The smallest absolute Gasteiger partial charge is 0.319 e. The first kappa shape index (κ1) is 20.0. The predicted octanol–water partition coefficient (Wildman–Crippen LogP) is 4.34. The molecule has 1 saturated heterocycles. The van der Waals surface area contributed by atoms with Gasteiger partial charge >= 0.3 is 6.03 Å². The molecule has 3 aliphatic rings. The van der Waals surface area contributed by atoms with Crippen LogP contribution in [0.15, 0.2) is 30.3 Å². The molecule has 0 unspecified atom stereocenters. The summed E-state index contributed by atoms with van der Waals surface area (Å²) in [6, 6.07) is 9.80. The number of allylic oxidation sites excluding steroid dienone is 2. The summed E-state index contributed by atoms with van der Waals surface area (Å²) >= 11 is 0. The van der Waals surface area contributed by atoms with Crippen LogP contribution in [-0.2, 0) is 0 Å². The van der Waals surface area contributed by atoms with Crippen molar-refractivity contribution in [3.63, 3.8) is 0 Å². The van der Waals surface area contributed by atoms with Crippen molar-refractivity contribution < 1.29 is 9.90 Å². The van der Waals surface area contributed by atoms with Crippen LogP contribution in [0.25, 0.3) is 5.57 Å². The van der Waals surface area contributed by atoms with Gasteiger partial charge in [-0.15, -0.1) is 0 Å². The van der Waals surface area contributed by atoms with E-state index in [9.17, 15) is 15.2 Å². The van der Waals surface area contributed by atoms with E-state index in [0.29, 0.717) is 0 Å². The number of hydrogen-bond acceptors (Lipinski definition) is 3. The van der Waals surface area contributed by atoms with E-state index in [0.717, 1.165) is 44.1 Å². The second-order valence-corrected chi connectivity index (χ2v) is 8.64. The summed E-state index contributed by atoms with van der Waals surface area (Å²) in [6.07, 6.45) is 12.6. The second-order valence-electron chi connectivity index (χ2n) is 8.64. The lowest BCUT2D eigenvalue weighted by molar-refractivity contribution is 0.0153. The lowest BCUT2D eigenvalue weighted by Crippen LogP contribution is -2.67. The molecule has 1 aliphatic heterocycles. The maximum atomic E-state index is 12.8. The Kier molecular flexibility index (Phi) is 6.20. The van der Waals surface area contributed by atoms with Crippen molar-refractivity contribution in [2.24, 2.45) is 0 Å². The SMILES string of the molecule is N#C[C@H]1[C@H](c2ccc(C3=CCCCC3)cc2)[C@H](CO)N1C(=O)NC1CCCCC1. The molecule has 3 atom stereocenters. The molecule has 2 amide bonds. The standard InChI is InChI=1S/C24H31N3O2/c25-15-21-23(19-13-11-18(12-14-19)17-7-3-1-4-8-17)22(16-28)27(21)24(29)26-20-9-5-2-6-10-20/h7,11-14,20-23,28H,1-6,8-10,16H2,(H,26,29)/t21-,22-,23-/m0/s1. The largest absolute Gasteiger partial charge is 0.394 e. The van der Waals surface area contributed by atoms with Gasteiger partial charge in [0.15, 0.2) is 0 Å². The van der Waals surface area contributed by atoms with E-state index in [-0.39, 0.29) is 30.6 Å². The molecule has 1 saturated carbocycles. The predicted molar refractivity (Wildman–Crippen MR) is 113 cm³/mol. The number of nitriles is 1. The van der Waals surface area contributed by atoms with Gasteiger partial charge in [0.2, 0.25) is 0 Å². The molecule has 1 heterocycles. The zero-order valence-corrected chi connectivity index (χ0v) is 17.0. The highest BCUT2D eigenvalue weighted by atomic mass is 16.3. The number of nitrogens with zero attached hydrogens (tertiary/aromatic N) is 2. The molecule has 1 aromatic rings. The molecule has 0 bridgehead atoms. The quantitative estimate of drug-likeness (QED) is 0.799. The van der Waals surface area contributed by atoms with Gasteiger partial charge in [-0.2, -0.15) is 5.26 Å². The number of aliphatic hydroxyl groups is 1. The fourth-order valence-electron chi connectivity index (χ4n) is 5.20. The van der Waals surface area contributed by atoms with Crippen LogP contribution in [0.1, 0.15) is 74.8 Å². The molecule has 154 valence electrons. The molecule has 2 N–H and O–H groups in total. The number of carbonyl (C=O) groups excluding carboxylic acids is 1. The average molecular weight is 394 g/mol. The Balaban J connectivity index is 1.47. The highest BCUT2D eigenvalue weighted by molar-refractivity contribution is 5.78. The number of rotatable bonds is 4. The molecule has 0 aromatic heterocycles. The van der Waals surface area contributed by atoms with Crippen molar-refractivity contribution in [3.05, 3.63) is 41.5 Å². The van der Waals surface area contributed by atoms with Gasteiger partial charge in [0.05, 0.1) is 18.7 Å². The summed E-state index contributed by atoms with van der Waals surface area (Å²) in [7, 11) is 0. The summed E-state index contributed by atoms with van der Waals surface area (Å²) in [5, 5.41) is 22.8. The number of aliphatic hydroxyl groups excluding tert-OH is 1. The molecule has 4 rings (SSSR count). The van der Waals surface area contributed by atoms with E-state index < -0.39 is 6.04 Å². The fraction of sp³-hybridized carbons (Fsp3) is 0.583. The molecule has 5 nitrogen and oxygen atoms in total. The van der Waals surface area contributed by atoms with Crippen molar-refractivity contribution in [2.75, 3.05) is 6.61 Å². The van der Waals surface area contributed by atoms with Crippen LogP contribution in [0.4, 0.5) is 4.79 Å². The zero-order chi connectivity index (χ0) is 20.2. The molecule has 0 radical (unpaired) electrons. The average Bonchev–Trinajstić information content (AvgIpc) is 2.75. The van der Waals surface area contributed by atoms with Gasteiger partial charge in [0.1, 0.15) is 6.04 Å².